The largest absolute Gasteiger partial charge is 0.457 e. The molecule has 4 aliphatic rings. The second-order valence-corrected chi connectivity index (χ2v) is 24.9. The molecule has 0 saturated heterocycles. The highest BCUT2D eigenvalue weighted by atomic mass is 19.1. The zero-order valence-electron chi connectivity index (χ0n) is 51.1. The van der Waals surface area contributed by atoms with E-state index in [4.69, 9.17) is 9.47 Å². The molecule has 3 nitrogen and oxygen atoms in total. The van der Waals surface area contributed by atoms with Crippen molar-refractivity contribution >= 4 is 34.8 Å². The Bertz CT molecular complexity index is 4980. The number of halogens is 2. The topological polar surface area (TPSA) is 21.7 Å². The van der Waals surface area contributed by atoms with Crippen LogP contribution in [-0.2, 0) is 16.2 Å². The van der Waals surface area contributed by atoms with E-state index in [0.717, 1.165) is 119 Å². The highest BCUT2D eigenvalue weighted by molar-refractivity contribution is 5.96. The van der Waals surface area contributed by atoms with Gasteiger partial charge >= 0.3 is 0 Å². The maximum Gasteiger partial charge on any atom is 0.127 e. The number of allylic oxidation sites excluding steroid dienone is 4. The molecule has 0 amide bonds. The molecule has 2 atom stereocenters. The van der Waals surface area contributed by atoms with Gasteiger partial charge in [0.2, 0.25) is 0 Å². The molecule has 442 valence electrons. The minimum absolute atomic E-state index is 0.172. The highest BCUT2D eigenvalue weighted by Gasteiger charge is 2.49. The van der Waals surface area contributed by atoms with E-state index in [-0.39, 0.29) is 17.0 Å². The minimum atomic E-state index is -0.916. The number of benzene rings is 12. The lowest BCUT2D eigenvalue weighted by Crippen LogP contribution is -2.30. The van der Waals surface area contributed by atoms with Crippen LogP contribution in [0.25, 0.3) is 51.1 Å². The van der Waals surface area contributed by atoms with Crippen molar-refractivity contribution in [3.63, 3.8) is 0 Å². The van der Waals surface area contributed by atoms with Gasteiger partial charge in [-0.3, -0.25) is 0 Å². The third-order valence-corrected chi connectivity index (χ3v) is 19.7. The summed E-state index contributed by atoms with van der Waals surface area (Å²) in [5.41, 5.74) is 23.1. The number of rotatable bonds is 14. The van der Waals surface area contributed by atoms with E-state index < -0.39 is 10.8 Å². The normalized spacial score (nSPS) is 16.8. The van der Waals surface area contributed by atoms with Crippen molar-refractivity contribution in [1.29, 1.82) is 0 Å². The molecule has 0 fully saturated rings. The molecule has 0 aliphatic heterocycles. The van der Waals surface area contributed by atoms with Gasteiger partial charge in [-0.25, -0.2) is 8.78 Å². The van der Waals surface area contributed by atoms with Gasteiger partial charge in [-0.05, 0) is 228 Å². The molecule has 0 bridgehead atoms. The Hall–Kier alpha value is -11.1. The van der Waals surface area contributed by atoms with Crippen molar-refractivity contribution in [2.24, 2.45) is 0 Å². The minimum Gasteiger partial charge on any atom is -0.457 e. The zero-order chi connectivity index (χ0) is 62.3. The third kappa shape index (κ3) is 8.89. The molecule has 0 heterocycles. The summed E-state index contributed by atoms with van der Waals surface area (Å²) in [6.45, 7) is 12.5. The second-order valence-electron chi connectivity index (χ2n) is 24.9. The van der Waals surface area contributed by atoms with Gasteiger partial charge in [0.05, 0.1) is 16.5 Å². The average Bonchev–Trinajstić information content (AvgIpc) is 1.53. The van der Waals surface area contributed by atoms with Crippen LogP contribution in [-0.4, -0.2) is 0 Å². The van der Waals surface area contributed by atoms with Crippen LogP contribution in [0.5, 0.6) is 23.0 Å². The highest BCUT2D eigenvalue weighted by Crippen LogP contribution is 2.61. The SMILES string of the molecule is C=Cc1ccc(Oc2ccc(C3(c4ccc(F)cc4)C4=C(CCC=C4)c4ccc(N(c5ccc6c(c5)C(c5ccc(F)cc5)(c5ccc(Oc7ccc(C=C)cc7)cc5)c5ccccc5-6)c5ccccc5-c5ccc6c(c5)-c5ccccc5C6(C)C)cc43)cc2)cc1. The molecule has 12 aromatic rings. The summed E-state index contributed by atoms with van der Waals surface area (Å²) in [4.78, 5) is 2.44. The first-order valence-electron chi connectivity index (χ1n) is 31.5. The third-order valence-electron chi connectivity index (χ3n) is 19.7. The Kier molecular flexibility index (Phi) is 13.5. The molecule has 0 spiro atoms. The lowest BCUT2D eigenvalue weighted by Gasteiger charge is -2.37. The monoisotopic (exact) mass is 1190 g/mol. The van der Waals surface area contributed by atoms with Gasteiger partial charge in [-0.2, -0.15) is 0 Å². The zero-order valence-corrected chi connectivity index (χ0v) is 51.1. The number of ether oxygens (including phenoxy) is 2. The number of fused-ring (bicyclic) bond motifs is 8. The summed E-state index contributed by atoms with van der Waals surface area (Å²) in [7, 11) is 0. The number of hydrogen-bond donors (Lipinski definition) is 0. The predicted octanol–water partition coefficient (Wildman–Crippen LogP) is 23.1. The Morgan fingerprint density at radius 1 is 0.391 bits per heavy atom. The number of para-hydroxylation sites is 1. The van der Waals surface area contributed by atoms with Crippen molar-refractivity contribution in [2.45, 2.75) is 42.9 Å². The molecule has 2 unspecified atom stereocenters. The second kappa shape index (κ2) is 22.1. The van der Waals surface area contributed by atoms with Crippen LogP contribution in [0.1, 0.15) is 93.5 Å². The standard InChI is InChI=1S/C87H63F2NO2/c1-5-56-23-42-67(43-24-56)91-69-46-32-61(33-47-69)86(59-28-36-63(88)37-29-59)80-20-12-8-16-72(80)75-50-40-65(54-82(75)86)90(84-22-14-10-15-71(84)58-27-52-79-77(53-58)74-18-7-11-19-78(74)85(79,3)4)66-41-51-76-73-17-9-13-21-81(73)87(83(76)55-66,60-30-38-64(89)39-31-60)62-34-48-70(49-35-62)92-68-44-25-57(6-2)26-45-68/h5-8,10-16,18-55H,1-2,9,17H2,3-4H3. The van der Waals surface area contributed by atoms with Gasteiger partial charge in [-0.15, -0.1) is 0 Å². The molecular weight excluding hydrogens is 1130 g/mol. The molecule has 4 aliphatic carbocycles. The van der Waals surface area contributed by atoms with E-state index in [1.807, 2.05) is 109 Å². The summed E-state index contributed by atoms with van der Waals surface area (Å²) in [6, 6.07) is 93.9. The maximum atomic E-state index is 15.5. The van der Waals surface area contributed by atoms with Gasteiger partial charge in [0.25, 0.3) is 0 Å². The van der Waals surface area contributed by atoms with Gasteiger partial charge < -0.3 is 14.4 Å². The maximum absolute atomic E-state index is 15.5. The lowest BCUT2D eigenvalue weighted by molar-refractivity contribution is 0.482. The van der Waals surface area contributed by atoms with Crippen LogP contribution < -0.4 is 14.4 Å². The first kappa shape index (κ1) is 56.1. The number of anilines is 3. The molecule has 5 heteroatoms. The van der Waals surface area contributed by atoms with Crippen LogP contribution in [0.4, 0.5) is 25.8 Å². The van der Waals surface area contributed by atoms with Crippen molar-refractivity contribution in [3.05, 3.63) is 382 Å². The first-order valence-corrected chi connectivity index (χ1v) is 31.5. The average molecular weight is 1190 g/mol. The summed E-state index contributed by atoms with van der Waals surface area (Å²) >= 11 is 0. The quantitative estimate of drug-likeness (QED) is 0.108. The van der Waals surface area contributed by atoms with Gasteiger partial charge in [0, 0.05) is 22.4 Å². The van der Waals surface area contributed by atoms with E-state index >= 15 is 8.78 Å². The van der Waals surface area contributed by atoms with Crippen LogP contribution in [0.15, 0.2) is 304 Å². The first-order chi connectivity index (χ1) is 45.0. The van der Waals surface area contributed by atoms with Crippen LogP contribution in [0.2, 0.25) is 0 Å². The van der Waals surface area contributed by atoms with Crippen molar-refractivity contribution in [3.8, 4) is 56.4 Å². The molecule has 0 aromatic heterocycles. The van der Waals surface area contributed by atoms with Crippen LogP contribution in [0.3, 0.4) is 0 Å². The molecule has 0 radical (unpaired) electrons. The van der Waals surface area contributed by atoms with Crippen LogP contribution >= 0.6 is 0 Å². The van der Waals surface area contributed by atoms with E-state index in [9.17, 15) is 0 Å². The van der Waals surface area contributed by atoms with Gasteiger partial charge in [0.15, 0.2) is 0 Å². The summed E-state index contributed by atoms with van der Waals surface area (Å²) < 4.78 is 43.9. The fourth-order valence-electron chi connectivity index (χ4n) is 15.5. The van der Waals surface area contributed by atoms with Crippen molar-refractivity contribution < 1.29 is 18.3 Å². The molecule has 0 saturated carbocycles. The van der Waals surface area contributed by atoms with Crippen LogP contribution in [0, 0.1) is 11.6 Å². The fraction of sp³-hybridized carbons (Fsp3) is 0.0805. The molecule has 92 heavy (non-hydrogen) atoms. The van der Waals surface area contributed by atoms with E-state index in [2.05, 4.69) is 196 Å². The summed E-state index contributed by atoms with van der Waals surface area (Å²) in [5, 5.41) is 0. The van der Waals surface area contributed by atoms with E-state index in [1.54, 1.807) is 24.3 Å². The Labute approximate surface area is 536 Å². The molecule has 12 aromatic carbocycles. The van der Waals surface area contributed by atoms with Crippen molar-refractivity contribution in [1.82, 2.24) is 0 Å². The number of hydrogen-bond acceptors (Lipinski definition) is 3. The smallest absolute Gasteiger partial charge is 0.127 e. The number of nitrogens with zero attached hydrogens (tertiary/aromatic N) is 1. The molecular formula is C87H63F2NO2. The summed E-state index contributed by atoms with van der Waals surface area (Å²) in [5.74, 6) is 2.22. The molecule has 0 N–H and O–H groups in total. The Morgan fingerprint density at radius 2 is 0.826 bits per heavy atom. The van der Waals surface area contributed by atoms with Gasteiger partial charge in [0.1, 0.15) is 34.6 Å². The Balaban J connectivity index is 0.927. The van der Waals surface area contributed by atoms with Crippen molar-refractivity contribution in [2.75, 3.05) is 4.90 Å². The van der Waals surface area contributed by atoms with E-state index in [1.165, 1.54) is 33.4 Å². The molecule has 16 rings (SSSR count). The fourth-order valence-corrected chi connectivity index (χ4v) is 15.5. The predicted molar refractivity (Wildman–Crippen MR) is 373 cm³/mol. The lowest BCUT2D eigenvalue weighted by atomic mass is 9.66. The Morgan fingerprint density at radius 3 is 1.38 bits per heavy atom. The van der Waals surface area contributed by atoms with Gasteiger partial charge in [-0.1, -0.05) is 215 Å². The summed E-state index contributed by atoms with van der Waals surface area (Å²) in [6.07, 6.45) is 9.97. The van der Waals surface area contributed by atoms with E-state index in [0.29, 0.717) is 11.5 Å².